The van der Waals surface area contributed by atoms with Gasteiger partial charge in [-0.1, -0.05) is 0 Å². The van der Waals surface area contributed by atoms with Crippen LogP contribution in [0.4, 0.5) is 0 Å². The molecule has 1 saturated carbocycles. The van der Waals surface area contributed by atoms with E-state index in [4.69, 9.17) is 0 Å². The summed E-state index contributed by atoms with van der Waals surface area (Å²) in [4.78, 5) is 0. The van der Waals surface area contributed by atoms with E-state index in [0.717, 1.165) is 23.7 Å². The van der Waals surface area contributed by atoms with E-state index in [1.165, 1.54) is 37.5 Å². The number of hydrogen-bond donors (Lipinski definition) is 0. The van der Waals surface area contributed by atoms with E-state index in [1.54, 1.807) is 0 Å². The highest BCUT2D eigenvalue weighted by Gasteiger charge is 2.35. The van der Waals surface area contributed by atoms with Crippen LogP contribution in [0.25, 0.3) is 0 Å². The topological polar surface area (TPSA) is 0 Å². The molecule has 0 nitrogen and oxygen atoms in total. The molecule has 1 rings (SSSR count). The van der Waals surface area contributed by atoms with Gasteiger partial charge in [0.15, 0.2) is 0 Å². The molecule has 0 aliphatic heterocycles. The molecule has 0 amide bonds. The van der Waals surface area contributed by atoms with E-state index in [9.17, 15) is 0 Å². The first-order chi connectivity index (χ1) is 6.78. The first kappa shape index (κ1) is 13.8. The molecule has 0 saturated heterocycles. The molecule has 0 aromatic heterocycles. The normalized spacial score (nSPS) is 38.6. The molecule has 0 aromatic carbocycles. The fourth-order valence-electron chi connectivity index (χ4n) is 2.88. The maximum Gasteiger partial charge on any atom is -0.0314 e. The molecule has 0 radical (unpaired) electrons. The van der Waals surface area contributed by atoms with Gasteiger partial charge in [0.2, 0.25) is 0 Å². The van der Waals surface area contributed by atoms with Crippen molar-refractivity contribution in [2.24, 2.45) is 23.7 Å². The molecule has 1 fully saturated rings. The molecule has 14 heavy (non-hydrogen) atoms. The second-order valence-electron chi connectivity index (χ2n) is 4.37. The second-order valence-corrected chi connectivity index (χ2v) is 6.25. The maximum atomic E-state index is 2.96. The molecule has 0 bridgehead atoms. The van der Waals surface area contributed by atoms with Crippen LogP contribution in [0, 0.1) is 23.7 Å². The van der Waals surface area contributed by atoms with Crippen molar-refractivity contribution in [3.8, 4) is 0 Å². The lowest BCUT2D eigenvalue weighted by atomic mass is 9.69. The summed E-state index contributed by atoms with van der Waals surface area (Å²) in [6, 6.07) is 0. The van der Waals surface area contributed by atoms with Gasteiger partial charge in [-0.05, 0) is 61.2 Å². The lowest BCUT2D eigenvalue weighted by Crippen LogP contribution is -2.38. The monoisotopic (exact) mass is 268 g/mol. The Morgan fingerprint density at radius 2 is 1.00 bits per heavy atom. The Morgan fingerprint density at radius 3 is 1.21 bits per heavy atom. The first-order valence-corrected chi connectivity index (χ1v) is 8.85. The van der Waals surface area contributed by atoms with Crippen molar-refractivity contribution in [2.75, 3.05) is 24.6 Å². The van der Waals surface area contributed by atoms with Gasteiger partial charge >= 0.3 is 0 Å². The minimum atomic E-state index is 0.939. The minimum absolute atomic E-state index is 0.939. The fraction of sp³-hybridized carbons (Fsp3) is 1.00. The van der Waals surface area contributed by atoms with Crippen molar-refractivity contribution >= 4 is 37.0 Å². The fourth-order valence-corrected chi connectivity index (χ4v) is 5.51. The van der Waals surface area contributed by atoms with E-state index in [-0.39, 0.29) is 0 Å². The molecule has 8 unspecified atom stereocenters. The summed E-state index contributed by atoms with van der Waals surface area (Å²) in [5.74, 6) is 3.79. The van der Waals surface area contributed by atoms with Gasteiger partial charge in [0.25, 0.3) is 0 Å². The Bertz CT molecular complexity index is 144. The average molecular weight is 268 g/mol. The zero-order chi connectivity index (χ0) is 10.6. The minimum Gasteiger partial charge on any atom is -0.137 e. The highest BCUT2D eigenvalue weighted by Crippen LogP contribution is 2.42. The molecule has 4 heteroatoms. The van der Waals surface area contributed by atoms with Gasteiger partial charge < -0.3 is 0 Å². The Kier molecular flexibility index (Phi) is 7.02. The summed E-state index contributed by atoms with van der Waals surface area (Å²) in [5.41, 5.74) is 0. The third kappa shape index (κ3) is 3.11. The largest absolute Gasteiger partial charge is 0.137 e. The van der Waals surface area contributed by atoms with Gasteiger partial charge in [0.05, 0.1) is 0 Å². The summed E-state index contributed by atoms with van der Waals surface area (Å²) in [7, 11) is 11.8. The van der Waals surface area contributed by atoms with E-state index in [2.05, 4.69) is 37.0 Å². The molecule has 8 atom stereocenters. The van der Waals surface area contributed by atoms with Crippen molar-refractivity contribution in [2.45, 2.75) is 12.8 Å². The summed E-state index contributed by atoms with van der Waals surface area (Å²) in [6.45, 7) is 0. The van der Waals surface area contributed by atoms with Crippen LogP contribution in [0.3, 0.4) is 0 Å². The molecular formula is C10H24P4. The molecule has 0 spiro atoms. The van der Waals surface area contributed by atoms with Crippen LogP contribution in [0.5, 0.6) is 0 Å². The van der Waals surface area contributed by atoms with Gasteiger partial charge in [0.1, 0.15) is 0 Å². The van der Waals surface area contributed by atoms with Crippen LogP contribution in [-0.4, -0.2) is 24.6 Å². The Morgan fingerprint density at radius 1 is 0.643 bits per heavy atom. The van der Waals surface area contributed by atoms with Crippen molar-refractivity contribution in [1.82, 2.24) is 0 Å². The van der Waals surface area contributed by atoms with E-state index < -0.39 is 0 Å². The molecule has 1 aliphatic rings. The van der Waals surface area contributed by atoms with Crippen molar-refractivity contribution in [3.05, 3.63) is 0 Å². The molecule has 0 aromatic rings. The average Bonchev–Trinajstić information content (AvgIpc) is 2.26. The predicted molar refractivity (Wildman–Crippen MR) is 81.5 cm³/mol. The lowest BCUT2D eigenvalue weighted by Gasteiger charge is -2.42. The van der Waals surface area contributed by atoms with E-state index in [1.807, 2.05) is 0 Å². The quantitative estimate of drug-likeness (QED) is 0.688. The van der Waals surface area contributed by atoms with Gasteiger partial charge in [-0.25, -0.2) is 0 Å². The van der Waals surface area contributed by atoms with Crippen LogP contribution in [0.1, 0.15) is 12.8 Å². The Balaban J connectivity index is 2.67. The first-order valence-electron chi connectivity index (χ1n) is 5.58. The van der Waals surface area contributed by atoms with Crippen LogP contribution in [-0.2, 0) is 0 Å². The van der Waals surface area contributed by atoms with E-state index >= 15 is 0 Å². The van der Waals surface area contributed by atoms with Crippen LogP contribution in [0.15, 0.2) is 0 Å². The van der Waals surface area contributed by atoms with Gasteiger partial charge in [0, 0.05) is 0 Å². The van der Waals surface area contributed by atoms with E-state index in [0.29, 0.717) is 0 Å². The number of rotatable bonds is 4. The van der Waals surface area contributed by atoms with Crippen molar-refractivity contribution < 1.29 is 0 Å². The highest BCUT2D eigenvalue weighted by molar-refractivity contribution is 7.17. The zero-order valence-corrected chi connectivity index (χ0v) is 13.5. The Hall–Kier alpha value is 1.72. The molecule has 0 heterocycles. The van der Waals surface area contributed by atoms with Crippen molar-refractivity contribution in [3.63, 3.8) is 0 Å². The van der Waals surface area contributed by atoms with Crippen LogP contribution < -0.4 is 0 Å². The van der Waals surface area contributed by atoms with Gasteiger partial charge in [-0.2, -0.15) is 0 Å². The molecule has 0 N–H and O–H groups in total. The second kappa shape index (κ2) is 7.13. The predicted octanol–water partition coefficient (Wildman–Crippen LogP) is 2.75. The molecule has 84 valence electrons. The SMILES string of the molecule is PCC1CCC(CP)C(CP)C1CP. The van der Waals surface area contributed by atoms with Crippen molar-refractivity contribution in [1.29, 1.82) is 0 Å². The smallest absolute Gasteiger partial charge is 0.0314 e. The standard InChI is InChI=1S/C10H24P4/c11-3-7-1-2-8(4-12)10(6-14)9(7)5-13/h7-10H,1-6,11-14H2. The van der Waals surface area contributed by atoms with Gasteiger partial charge in [-0.3, -0.25) is 0 Å². The van der Waals surface area contributed by atoms with Crippen LogP contribution >= 0.6 is 37.0 Å². The summed E-state index contributed by atoms with van der Waals surface area (Å²) >= 11 is 0. The molecular weight excluding hydrogens is 244 g/mol. The maximum absolute atomic E-state index is 2.96. The zero-order valence-electron chi connectivity index (χ0n) is 8.86. The molecule has 1 aliphatic carbocycles. The Labute approximate surface area is 98.3 Å². The summed E-state index contributed by atoms with van der Waals surface area (Å²) in [6.07, 6.45) is 8.07. The third-order valence-electron chi connectivity index (χ3n) is 3.82. The number of hydrogen-bond acceptors (Lipinski definition) is 0. The lowest BCUT2D eigenvalue weighted by molar-refractivity contribution is 0.150. The van der Waals surface area contributed by atoms with Crippen LogP contribution in [0.2, 0.25) is 0 Å². The third-order valence-corrected chi connectivity index (χ3v) is 6.12. The highest BCUT2D eigenvalue weighted by atomic mass is 31.0. The van der Waals surface area contributed by atoms with Gasteiger partial charge in [-0.15, -0.1) is 37.0 Å². The summed E-state index contributed by atoms with van der Waals surface area (Å²) < 4.78 is 0. The summed E-state index contributed by atoms with van der Waals surface area (Å²) in [5, 5.41) is 0.